The Bertz CT molecular complexity index is 461. The van der Waals surface area contributed by atoms with Crippen molar-refractivity contribution in [3.05, 3.63) is 38.9 Å². The molecule has 19 heavy (non-hydrogen) atoms. The van der Waals surface area contributed by atoms with Crippen molar-refractivity contribution in [2.75, 3.05) is 0 Å². The lowest BCUT2D eigenvalue weighted by molar-refractivity contribution is 0.624. The van der Waals surface area contributed by atoms with E-state index in [1.807, 2.05) is 12.1 Å². The lowest BCUT2D eigenvalue weighted by Crippen LogP contribution is -2.00. The highest BCUT2D eigenvalue weighted by Gasteiger charge is 2.14. The Morgan fingerprint density at radius 2 is 1.79 bits per heavy atom. The fourth-order valence-corrected chi connectivity index (χ4v) is 3.35. The van der Waals surface area contributed by atoms with Crippen molar-refractivity contribution in [2.24, 2.45) is 0 Å². The Balaban J connectivity index is 1.95. The van der Waals surface area contributed by atoms with E-state index in [0.717, 1.165) is 22.9 Å². The van der Waals surface area contributed by atoms with Crippen molar-refractivity contribution in [3.63, 3.8) is 0 Å². The number of hydrogen-bond donors (Lipinski definition) is 0. The molecule has 1 aliphatic carbocycles. The average molecular weight is 297 g/mol. The highest BCUT2D eigenvalue weighted by molar-refractivity contribution is 6.35. The van der Waals surface area contributed by atoms with Crippen LogP contribution in [0.2, 0.25) is 10.0 Å². The van der Waals surface area contributed by atoms with Gasteiger partial charge in [-0.15, -0.1) is 0 Å². The number of allylic oxidation sites excluding steroid dienone is 1. The zero-order chi connectivity index (χ0) is 13.7. The van der Waals surface area contributed by atoms with Gasteiger partial charge in [0.05, 0.1) is 0 Å². The molecule has 0 bridgehead atoms. The molecule has 2 heteroatoms. The summed E-state index contributed by atoms with van der Waals surface area (Å²) in [7, 11) is 0. The van der Waals surface area contributed by atoms with Gasteiger partial charge in [-0.3, -0.25) is 0 Å². The molecule has 2 rings (SSSR count). The molecule has 0 aromatic heterocycles. The number of hydrogen-bond acceptors (Lipinski definition) is 0. The molecule has 0 spiro atoms. The molecule has 0 radical (unpaired) electrons. The van der Waals surface area contributed by atoms with E-state index in [1.165, 1.54) is 49.7 Å². The van der Waals surface area contributed by atoms with Gasteiger partial charge in [-0.05, 0) is 48.9 Å². The molecule has 104 valence electrons. The molecule has 0 atom stereocenters. The molecule has 0 unspecified atom stereocenters. The van der Waals surface area contributed by atoms with Crippen LogP contribution in [0, 0.1) is 0 Å². The maximum Gasteiger partial charge on any atom is 0.0458 e. The second-order valence-corrected chi connectivity index (χ2v) is 6.27. The van der Waals surface area contributed by atoms with E-state index in [4.69, 9.17) is 23.2 Å². The van der Waals surface area contributed by atoms with Crippen LogP contribution in [-0.4, -0.2) is 0 Å². The van der Waals surface area contributed by atoms with Crippen LogP contribution in [0.4, 0.5) is 0 Å². The van der Waals surface area contributed by atoms with Gasteiger partial charge in [0.1, 0.15) is 0 Å². The highest BCUT2D eigenvalue weighted by Crippen LogP contribution is 2.33. The summed E-state index contributed by atoms with van der Waals surface area (Å²) in [5.41, 5.74) is 4.05. The molecule has 1 aliphatic rings. The van der Waals surface area contributed by atoms with Crippen LogP contribution >= 0.6 is 23.2 Å². The van der Waals surface area contributed by atoms with E-state index in [0.29, 0.717) is 0 Å². The fraction of sp³-hybridized carbons (Fsp3) is 0.529. The van der Waals surface area contributed by atoms with Crippen molar-refractivity contribution in [1.29, 1.82) is 0 Å². The van der Waals surface area contributed by atoms with Crippen LogP contribution in [0.25, 0.3) is 6.08 Å². The van der Waals surface area contributed by atoms with Crippen molar-refractivity contribution in [1.82, 2.24) is 0 Å². The van der Waals surface area contributed by atoms with E-state index < -0.39 is 0 Å². The first-order chi connectivity index (χ1) is 9.20. The Labute approximate surface area is 126 Å². The predicted octanol–water partition coefficient (Wildman–Crippen LogP) is 6.68. The van der Waals surface area contributed by atoms with E-state index in [1.54, 1.807) is 5.57 Å². The Morgan fingerprint density at radius 3 is 2.58 bits per heavy atom. The summed E-state index contributed by atoms with van der Waals surface area (Å²) in [6.45, 7) is 2.26. The quantitative estimate of drug-likeness (QED) is 0.513. The van der Waals surface area contributed by atoms with Crippen molar-refractivity contribution in [2.45, 2.75) is 58.3 Å². The third-order valence-electron chi connectivity index (χ3n) is 3.85. The average Bonchev–Trinajstić information content (AvgIpc) is 2.38. The highest BCUT2D eigenvalue weighted by atomic mass is 35.5. The van der Waals surface area contributed by atoms with E-state index in [9.17, 15) is 0 Å². The van der Waals surface area contributed by atoms with E-state index >= 15 is 0 Å². The van der Waals surface area contributed by atoms with Crippen LogP contribution < -0.4 is 0 Å². The second-order valence-electron chi connectivity index (χ2n) is 5.42. The minimum Gasteiger partial charge on any atom is -0.0843 e. The summed E-state index contributed by atoms with van der Waals surface area (Å²) in [4.78, 5) is 0. The Hall–Kier alpha value is -0.460. The van der Waals surface area contributed by atoms with Crippen LogP contribution in [0.1, 0.15) is 63.0 Å². The number of unbranched alkanes of at least 4 members (excludes halogenated alkanes) is 4. The molecular formula is C17H22Cl2. The molecule has 0 N–H and O–H groups in total. The van der Waals surface area contributed by atoms with Gasteiger partial charge in [0.15, 0.2) is 0 Å². The molecule has 1 aromatic rings. The lowest BCUT2D eigenvalue weighted by atomic mass is 9.89. The number of benzene rings is 1. The molecule has 0 saturated carbocycles. The largest absolute Gasteiger partial charge is 0.0843 e. The first-order valence-electron chi connectivity index (χ1n) is 7.38. The third-order valence-corrected chi connectivity index (χ3v) is 4.41. The van der Waals surface area contributed by atoms with Gasteiger partial charge in [-0.25, -0.2) is 0 Å². The minimum absolute atomic E-state index is 0.740. The standard InChI is InChI=1S/C17H22Cl2/c1-2-3-4-5-6-7-13-8-9-16-14(10-13)11-15(18)12-17(16)19/h10-12H,2-9H2,1H3. The summed E-state index contributed by atoms with van der Waals surface area (Å²) in [5.74, 6) is 0. The van der Waals surface area contributed by atoms with Crippen LogP contribution in [0.15, 0.2) is 17.7 Å². The molecule has 0 nitrogen and oxygen atoms in total. The zero-order valence-electron chi connectivity index (χ0n) is 11.6. The van der Waals surface area contributed by atoms with Crippen LogP contribution in [0.5, 0.6) is 0 Å². The number of halogens is 2. The zero-order valence-corrected chi connectivity index (χ0v) is 13.2. The SMILES string of the molecule is CCCCCCCC1=Cc2cc(Cl)cc(Cl)c2CC1. The van der Waals surface area contributed by atoms with Crippen LogP contribution in [-0.2, 0) is 6.42 Å². The molecular weight excluding hydrogens is 275 g/mol. The van der Waals surface area contributed by atoms with E-state index in [-0.39, 0.29) is 0 Å². The molecule has 0 aliphatic heterocycles. The Kier molecular flexibility index (Phi) is 5.78. The number of fused-ring (bicyclic) bond motifs is 1. The first kappa shape index (κ1) is 14.9. The van der Waals surface area contributed by atoms with Crippen LogP contribution in [0.3, 0.4) is 0 Å². The monoisotopic (exact) mass is 296 g/mol. The summed E-state index contributed by atoms with van der Waals surface area (Å²) in [6, 6.07) is 3.89. The number of rotatable bonds is 6. The van der Waals surface area contributed by atoms with E-state index in [2.05, 4.69) is 13.0 Å². The predicted molar refractivity (Wildman–Crippen MR) is 86.1 cm³/mol. The maximum atomic E-state index is 6.24. The molecule has 0 saturated heterocycles. The Morgan fingerprint density at radius 1 is 1.00 bits per heavy atom. The summed E-state index contributed by atoms with van der Waals surface area (Å²) in [5, 5.41) is 1.56. The van der Waals surface area contributed by atoms with Gasteiger partial charge in [-0.2, -0.15) is 0 Å². The van der Waals surface area contributed by atoms with Crippen molar-refractivity contribution >= 4 is 29.3 Å². The van der Waals surface area contributed by atoms with Gasteiger partial charge in [0, 0.05) is 10.0 Å². The molecule has 0 heterocycles. The summed E-state index contributed by atoms with van der Waals surface area (Å²) < 4.78 is 0. The van der Waals surface area contributed by atoms with Crippen molar-refractivity contribution < 1.29 is 0 Å². The normalized spacial score (nSPS) is 14.2. The second kappa shape index (κ2) is 7.36. The first-order valence-corrected chi connectivity index (χ1v) is 8.13. The smallest absolute Gasteiger partial charge is 0.0458 e. The minimum atomic E-state index is 0.740. The summed E-state index contributed by atoms with van der Waals surface area (Å²) >= 11 is 12.3. The fourth-order valence-electron chi connectivity index (χ4n) is 2.75. The molecule has 0 amide bonds. The van der Waals surface area contributed by atoms with Gasteiger partial charge in [0.25, 0.3) is 0 Å². The molecule has 0 fully saturated rings. The van der Waals surface area contributed by atoms with Gasteiger partial charge in [-0.1, -0.05) is 67.5 Å². The van der Waals surface area contributed by atoms with Gasteiger partial charge >= 0.3 is 0 Å². The maximum absolute atomic E-state index is 6.24. The summed E-state index contributed by atoms with van der Waals surface area (Å²) in [6.07, 6.45) is 12.5. The van der Waals surface area contributed by atoms with Crippen molar-refractivity contribution in [3.8, 4) is 0 Å². The molecule has 1 aromatic carbocycles. The topological polar surface area (TPSA) is 0 Å². The van der Waals surface area contributed by atoms with Gasteiger partial charge < -0.3 is 0 Å². The third kappa shape index (κ3) is 4.26. The van der Waals surface area contributed by atoms with Gasteiger partial charge in [0.2, 0.25) is 0 Å². The lowest BCUT2D eigenvalue weighted by Gasteiger charge is -2.18.